The number of hydrogen-bond acceptors (Lipinski definition) is 3. The van der Waals surface area contributed by atoms with E-state index in [-0.39, 0.29) is 17.8 Å². The molecule has 14 heavy (non-hydrogen) atoms. The molecule has 0 aliphatic heterocycles. The van der Waals surface area contributed by atoms with Gasteiger partial charge in [0.25, 0.3) is 0 Å². The van der Waals surface area contributed by atoms with Gasteiger partial charge < -0.3 is 10.0 Å². The summed E-state index contributed by atoms with van der Waals surface area (Å²) in [6.07, 6.45) is 0.965. The summed E-state index contributed by atoms with van der Waals surface area (Å²) in [5, 5.41) is 8.53. The van der Waals surface area contributed by atoms with Gasteiger partial charge in [-0.2, -0.15) is 12.6 Å². The summed E-state index contributed by atoms with van der Waals surface area (Å²) in [6, 6.07) is 0. The Hall–Kier alpha value is -0.220. The number of nitrogens with zero attached hydrogens (tertiary/aromatic N) is 1. The Labute approximate surface area is 91.9 Å². The van der Waals surface area contributed by atoms with Crippen LogP contribution in [-0.4, -0.2) is 40.9 Å². The Morgan fingerprint density at radius 2 is 1.93 bits per heavy atom. The van der Waals surface area contributed by atoms with E-state index in [0.717, 1.165) is 6.42 Å². The number of thiol groups is 1. The highest BCUT2D eigenvalue weighted by atomic mass is 32.1. The van der Waals surface area contributed by atoms with Gasteiger partial charge in [-0.3, -0.25) is 4.79 Å². The SMILES string of the molecule is CC(C)CCN(CCO)C(=O)C(C)S. The molecule has 0 spiro atoms. The molecule has 4 heteroatoms. The van der Waals surface area contributed by atoms with Crippen molar-refractivity contribution >= 4 is 18.5 Å². The van der Waals surface area contributed by atoms with E-state index in [1.807, 2.05) is 0 Å². The zero-order chi connectivity index (χ0) is 11.1. The summed E-state index contributed by atoms with van der Waals surface area (Å²) in [5.41, 5.74) is 0. The summed E-state index contributed by atoms with van der Waals surface area (Å²) in [4.78, 5) is 13.3. The van der Waals surface area contributed by atoms with Crippen LogP contribution in [0, 0.1) is 5.92 Å². The van der Waals surface area contributed by atoms with Crippen molar-refractivity contribution in [3.8, 4) is 0 Å². The maximum absolute atomic E-state index is 11.6. The highest BCUT2D eigenvalue weighted by Gasteiger charge is 2.16. The van der Waals surface area contributed by atoms with Gasteiger partial charge in [-0.1, -0.05) is 13.8 Å². The quantitative estimate of drug-likeness (QED) is 0.658. The molecule has 0 aliphatic carbocycles. The largest absolute Gasteiger partial charge is 0.395 e. The van der Waals surface area contributed by atoms with Crippen LogP contribution in [0.1, 0.15) is 27.2 Å². The molecule has 0 bridgehead atoms. The van der Waals surface area contributed by atoms with Gasteiger partial charge in [-0.05, 0) is 19.3 Å². The first-order valence-electron chi connectivity index (χ1n) is 5.06. The van der Waals surface area contributed by atoms with E-state index >= 15 is 0 Å². The summed E-state index contributed by atoms with van der Waals surface area (Å²) in [6.45, 7) is 7.13. The fourth-order valence-corrected chi connectivity index (χ4v) is 1.29. The second kappa shape index (κ2) is 7.12. The molecule has 0 aromatic carbocycles. The molecule has 0 aromatic rings. The lowest BCUT2D eigenvalue weighted by atomic mass is 10.1. The standard InChI is InChI=1S/C10H21NO2S/c1-8(2)4-5-11(6-7-12)10(13)9(3)14/h8-9,12,14H,4-7H2,1-3H3. The monoisotopic (exact) mass is 219 g/mol. The van der Waals surface area contributed by atoms with Gasteiger partial charge in [-0.15, -0.1) is 0 Å². The summed E-state index contributed by atoms with van der Waals surface area (Å²) >= 11 is 4.10. The number of carbonyl (C=O) groups excluding carboxylic acids is 1. The second-order valence-electron chi connectivity index (χ2n) is 3.91. The first-order chi connectivity index (χ1) is 6.49. The second-order valence-corrected chi connectivity index (χ2v) is 4.68. The lowest BCUT2D eigenvalue weighted by Crippen LogP contribution is -2.38. The van der Waals surface area contributed by atoms with E-state index in [4.69, 9.17) is 5.11 Å². The Morgan fingerprint density at radius 3 is 2.29 bits per heavy atom. The average molecular weight is 219 g/mol. The van der Waals surface area contributed by atoms with Crippen molar-refractivity contribution in [1.82, 2.24) is 4.90 Å². The van der Waals surface area contributed by atoms with Gasteiger partial charge >= 0.3 is 0 Å². The Balaban J connectivity index is 4.07. The van der Waals surface area contributed by atoms with E-state index in [0.29, 0.717) is 19.0 Å². The lowest BCUT2D eigenvalue weighted by molar-refractivity contribution is -0.130. The summed E-state index contributed by atoms with van der Waals surface area (Å²) in [5.74, 6) is 0.572. The third kappa shape index (κ3) is 5.50. The summed E-state index contributed by atoms with van der Waals surface area (Å²) in [7, 11) is 0. The smallest absolute Gasteiger partial charge is 0.235 e. The van der Waals surface area contributed by atoms with E-state index < -0.39 is 0 Å². The molecule has 84 valence electrons. The molecule has 0 fully saturated rings. The van der Waals surface area contributed by atoms with Crippen LogP contribution >= 0.6 is 12.6 Å². The zero-order valence-electron chi connectivity index (χ0n) is 9.23. The number of aliphatic hydroxyl groups is 1. The highest BCUT2D eigenvalue weighted by molar-refractivity contribution is 7.81. The topological polar surface area (TPSA) is 40.5 Å². The molecule has 1 amide bonds. The summed E-state index contributed by atoms with van der Waals surface area (Å²) < 4.78 is 0. The fourth-order valence-electron chi connectivity index (χ4n) is 1.13. The van der Waals surface area contributed by atoms with Gasteiger partial charge in [0.2, 0.25) is 5.91 Å². The lowest BCUT2D eigenvalue weighted by Gasteiger charge is -2.24. The molecule has 0 heterocycles. The number of carbonyl (C=O) groups is 1. The van der Waals surface area contributed by atoms with Crippen LogP contribution < -0.4 is 0 Å². The fraction of sp³-hybridized carbons (Fsp3) is 0.900. The van der Waals surface area contributed by atoms with Gasteiger partial charge in [0.05, 0.1) is 11.9 Å². The normalized spacial score (nSPS) is 13.0. The van der Waals surface area contributed by atoms with Crippen LogP contribution in [0.25, 0.3) is 0 Å². The number of rotatable bonds is 6. The van der Waals surface area contributed by atoms with E-state index in [1.54, 1.807) is 11.8 Å². The first kappa shape index (κ1) is 13.8. The van der Waals surface area contributed by atoms with Gasteiger partial charge in [0, 0.05) is 13.1 Å². The maximum Gasteiger partial charge on any atom is 0.235 e. The molecule has 1 N–H and O–H groups in total. The molecular weight excluding hydrogens is 198 g/mol. The minimum Gasteiger partial charge on any atom is -0.395 e. The molecule has 1 unspecified atom stereocenters. The predicted octanol–water partition coefficient (Wildman–Crippen LogP) is 1.17. The molecular formula is C10H21NO2S. The van der Waals surface area contributed by atoms with Crippen molar-refractivity contribution in [2.45, 2.75) is 32.4 Å². The number of amides is 1. The van der Waals surface area contributed by atoms with Crippen LogP contribution in [0.5, 0.6) is 0 Å². The molecule has 0 saturated heterocycles. The number of hydrogen-bond donors (Lipinski definition) is 2. The Kier molecular flexibility index (Phi) is 7.01. The predicted molar refractivity (Wildman–Crippen MR) is 61.6 cm³/mol. The molecule has 0 saturated carbocycles. The highest BCUT2D eigenvalue weighted by Crippen LogP contribution is 2.06. The van der Waals surface area contributed by atoms with E-state index in [2.05, 4.69) is 26.5 Å². The third-order valence-corrected chi connectivity index (χ3v) is 2.24. The Bertz CT molecular complexity index is 172. The van der Waals surface area contributed by atoms with Crippen molar-refractivity contribution in [3.63, 3.8) is 0 Å². The van der Waals surface area contributed by atoms with Gasteiger partial charge in [0.1, 0.15) is 0 Å². The van der Waals surface area contributed by atoms with E-state index in [9.17, 15) is 4.79 Å². The van der Waals surface area contributed by atoms with Crippen LogP contribution in [0.4, 0.5) is 0 Å². The minimum atomic E-state index is -0.284. The van der Waals surface area contributed by atoms with Gasteiger partial charge in [-0.25, -0.2) is 0 Å². The molecule has 0 radical (unpaired) electrons. The van der Waals surface area contributed by atoms with Crippen LogP contribution in [0.3, 0.4) is 0 Å². The minimum absolute atomic E-state index is 0.00281. The van der Waals surface area contributed by atoms with E-state index in [1.165, 1.54) is 0 Å². The van der Waals surface area contributed by atoms with Crippen molar-refractivity contribution in [1.29, 1.82) is 0 Å². The molecule has 1 atom stereocenters. The average Bonchev–Trinajstić information content (AvgIpc) is 2.10. The third-order valence-electron chi connectivity index (χ3n) is 2.02. The first-order valence-corrected chi connectivity index (χ1v) is 5.58. The Morgan fingerprint density at radius 1 is 1.36 bits per heavy atom. The van der Waals surface area contributed by atoms with Crippen LogP contribution in [0.2, 0.25) is 0 Å². The van der Waals surface area contributed by atoms with Crippen LogP contribution in [0.15, 0.2) is 0 Å². The van der Waals surface area contributed by atoms with Gasteiger partial charge in [0.15, 0.2) is 0 Å². The number of aliphatic hydroxyl groups excluding tert-OH is 1. The molecule has 0 aliphatic rings. The van der Waals surface area contributed by atoms with Crippen molar-refractivity contribution in [3.05, 3.63) is 0 Å². The van der Waals surface area contributed by atoms with Crippen molar-refractivity contribution in [2.24, 2.45) is 5.92 Å². The maximum atomic E-state index is 11.6. The van der Waals surface area contributed by atoms with Crippen molar-refractivity contribution in [2.75, 3.05) is 19.7 Å². The molecule has 3 nitrogen and oxygen atoms in total. The van der Waals surface area contributed by atoms with Crippen molar-refractivity contribution < 1.29 is 9.90 Å². The molecule has 0 rings (SSSR count). The zero-order valence-corrected chi connectivity index (χ0v) is 10.1. The van der Waals surface area contributed by atoms with Crippen LogP contribution in [-0.2, 0) is 4.79 Å². The molecule has 0 aromatic heterocycles.